The molecule has 1 aromatic carbocycles. The summed E-state index contributed by atoms with van der Waals surface area (Å²) in [5, 5.41) is 17.9. The van der Waals surface area contributed by atoms with E-state index in [9.17, 15) is 0 Å². The first-order valence-electron chi connectivity index (χ1n) is 9.59. The van der Waals surface area contributed by atoms with E-state index in [-0.39, 0.29) is 0 Å². The van der Waals surface area contributed by atoms with Gasteiger partial charge in [0.1, 0.15) is 0 Å². The van der Waals surface area contributed by atoms with Crippen LogP contribution in [0.3, 0.4) is 0 Å². The van der Waals surface area contributed by atoms with Crippen molar-refractivity contribution in [3.05, 3.63) is 57.8 Å². The molecule has 0 aliphatic carbocycles. The maximum absolute atomic E-state index is 8.91. The highest BCUT2D eigenvalue weighted by molar-refractivity contribution is 7.10. The highest BCUT2D eigenvalue weighted by Crippen LogP contribution is 2.27. The molecule has 1 aliphatic rings. The van der Waals surface area contributed by atoms with Gasteiger partial charge in [-0.15, -0.1) is 11.3 Å². The first kappa shape index (κ1) is 19.4. The summed E-state index contributed by atoms with van der Waals surface area (Å²) < 4.78 is 0. The molecule has 2 heterocycles. The number of hydrogen-bond donors (Lipinski definition) is 2. The number of hydrogen-bond acceptors (Lipinski definition) is 4. The minimum atomic E-state index is 0.395. The van der Waals surface area contributed by atoms with Crippen LogP contribution in [0.15, 0.2) is 46.8 Å². The van der Waals surface area contributed by atoms with E-state index in [2.05, 4.69) is 46.0 Å². The molecule has 0 spiro atoms. The summed E-state index contributed by atoms with van der Waals surface area (Å²) >= 11 is 1.83. The molecule has 1 aliphatic heterocycles. The fourth-order valence-corrected chi connectivity index (χ4v) is 4.19. The number of nitriles is 1. The first-order valence-corrected chi connectivity index (χ1v) is 10.5. The van der Waals surface area contributed by atoms with Crippen molar-refractivity contribution >= 4 is 17.3 Å². The molecular weight excluding hydrogens is 354 g/mol. The van der Waals surface area contributed by atoms with Crippen molar-refractivity contribution in [1.29, 1.82) is 5.26 Å². The zero-order valence-electron chi connectivity index (χ0n) is 15.8. The number of likely N-dealkylation sites (tertiary alicyclic amines) is 1. The lowest BCUT2D eigenvalue weighted by Gasteiger charge is -2.27. The lowest BCUT2D eigenvalue weighted by atomic mass is 10.1. The van der Waals surface area contributed by atoms with Crippen molar-refractivity contribution in [2.24, 2.45) is 4.99 Å². The van der Waals surface area contributed by atoms with Crippen LogP contribution in [0, 0.1) is 11.3 Å². The van der Waals surface area contributed by atoms with Gasteiger partial charge in [0.2, 0.25) is 0 Å². The van der Waals surface area contributed by atoms with Crippen LogP contribution in [0.2, 0.25) is 0 Å². The number of guanidine groups is 1. The molecule has 2 aromatic rings. The van der Waals surface area contributed by atoms with Crippen LogP contribution in [0.5, 0.6) is 0 Å². The number of nitrogens with one attached hydrogen (secondary N) is 2. The largest absolute Gasteiger partial charge is 0.357 e. The van der Waals surface area contributed by atoms with Gasteiger partial charge in [0, 0.05) is 18.0 Å². The van der Waals surface area contributed by atoms with Gasteiger partial charge in [0.15, 0.2) is 5.96 Å². The van der Waals surface area contributed by atoms with E-state index in [0.29, 0.717) is 18.2 Å². The highest BCUT2D eigenvalue weighted by Gasteiger charge is 2.24. The quantitative estimate of drug-likeness (QED) is 0.569. The fraction of sp³-hybridized carbons (Fsp3) is 0.429. The highest BCUT2D eigenvalue weighted by atomic mass is 32.1. The van der Waals surface area contributed by atoms with E-state index in [1.54, 1.807) is 0 Å². The Morgan fingerprint density at radius 2 is 2.00 bits per heavy atom. The Balaban J connectivity index is 1.64. The molecule has 0 saturated carbocycles. The molecule has 27 heavy (non-hydrogen) atoms. The molecule has 1 fully saturated rings. The molecule has 142 valence electrons. The lowest BCUT2D eigenvalue weighted by molar-refractivity contribution is 0.249. The van der Waals surface area contributed by atoms with E-state index in [1.807, 2.05) is 35.6 Å². The Labute approximate surface area is 165 Å². The normalized spacial score (nSPS) is 16.1. The van der Waals surface area contributed by atoms with Gasteiger partial charge in [0.25, 0.3) is 0 Å². The number of nitrogens with zero attached hydrogens (tertiary/aromatic N) is 3. The molecule has 0 radical (unpaired) electrons. The zero-order chi connectivity index (χ0) is 18.9. The maximum atomic E-state index is 8.91. The number of aliphatic imine (C=N–C) groups is 1. The van der Waals surface area contributed by atoms with Gasteiger partial charge in [-0.1, -0.05) is 18.2 Å². The standard InChI is InChI=1S/C21H27N5S/c1-2-23-21(24-15-18-9-7-17(14-22)8-10-18)25-16-19(20-6-5-13-27-20)26-11-3-4-12-26/h5-10,13,19H,2-4,11-12,15-16H2,1H3,(H2,23,24,25). The number of thiophene rings is 1. The smallest absolute Gasteiger partial charge is 0.191 e. The monoisotopic (exact) mass is 381 g/mol. The average molecular weight is 382 g/mol. The second-order valence-electron chi connectivity index (χ2n) is 6.66. The molecule has 1 aromatic heterocycles. The zero-order valence-corrected chi connectivity index (χ0v) is 16.6. The Bertz CT molecular complexity index is 755. The lowest BCUT2D eigenvalue weighted by Crippen LogP contribution is -2.42. The maximum Gasteiger partial charge on any atom is 0.191 e. The van der Waals surface area contributed by atoms with Gasteiger partial charge in [-0.25, -0.2) is 4.99 Å². The van der Waals surface area contributed by atoms with Crippen LogP contribution in [-0.4, -0.2) is 37.0 Å². The third-order valence-corrected chi connectivity index (χ3v) is 5.74. The predicted octanol–water partition coefficient (Wildman–Crippen LogP) is 3.51. The van der Waals surface area contributed by atoms with E-state index in [0.717, 1.165) is 24.6 Å². The second-order valence-corrected chi connectivity index (χ2v) is 7.64. The Morgan fingerprint density at radius 3 is 2.63 bits per heavy atom. The summed E-state index contributed by atoms with van der Waals surface area (Å²) in [4.78, 5) is 8.70. The van der Waals surface area contributed by atoms with Crippen LogP contribution in [0.25, 0.3) is 0 Å². The molecule has 1 atom stereocenters. The van der Waals surface area contributed by atoms with Crippen molar-refractivity contribution in [1.82, 2.24) is 15.5 Å². The second kappa shape index (κ2) is 10.1. The van der Waals surface area contributed by atoms with Gasteiger partial charge in [-0.2, -0.15) is 5.26 Å². The summed E-state index contributed by atoms with van der Waals surface area (Å²) in [7, 11) is 0. The molecule has 0 amide bonds. The third-order valence-electron chi connectivity index (χ3n) is 4.76. The van der Waals surface area contributed by atoms with Crippen molar-refractivity contribution in [3.63, 3.8) is 0 Å². The van der Waals surface area contributed by atoms with Gasteiger partial charge in [-0.05, 0) is 62.0 Å². The molecule has 6 heteroatoms. The Kier molecular flexibility index (Phi) is 7.26. The third kappa shape index (κ3) is 5.56. The van der Waals surface area contributed by atoms with Crippen LogP contribution in [0.1, 0.15) is 41.8 Å². The molecule has 3 rings (SSSR count). The SMILES string of the molecule is CCNC(=NCc1ccc(C#N)cc1)NCC(c1cccs1)N1CCCC1. The molecule has 2 N–H and O–H groups in total. The predicted molar refractivity (Wildman–Crippen MR) is 112 cm³/mol. The Morgan fingerprint density at radius 1 is 1.22 bits per heavy atom. The van der Waals surface area contributed by atoms with E-state index < -0.39 is 0 Å². The van der Waals surface area contributed by atoms with Gasteiger partial charge < -0.3 is 10.6 Å². The molecular formula is C21H27N5S. The minimum absolute atomic E-state index is 0.395. The summed E-state index contributed by atoms with van der Waals surface area (Å²) in [5.41, 5.74) is 1.78. The van der Waals surface area contributed by atoms with Crippen LogP contribution in [-0.2, 0) is 6.54 Å². The summed E-state index contributed by atoms with van der Waals surface area (Å²) in [6.45, 7) is 6.68. The summed E-state index contributed by atoms with van der Waals surface area (Å²) in [5.74, 6) is 0.836. The average Bonchev–Trinajstić information content (AvgIpc) is 3.41. The summed E-state index contributed by atoms with van der Waals surface area (Å²) in [6.07, 6.45) is 2.57. The van der Waals surface area contributed by atoms with Crippen molar-refractivity contribution in [2.75, 3.05) is 26.2 Å². The van der Waals surface area contributed by atoms with Gasteiger partial charge in [-0.3, -0.25) is 4.90 Å². The first-order chi connectivity index (χ1) is 13.3. The number of rotatable bonds is 7. The molecule has 1 saturated heterocycles. The summed E-state index contributed by atoms with van der Waals surface area (Å²) in [6, 6.07) is 14.5. The van der Waals surface area contributed by atoms with Gasteiger partial charge >= 0.3 is 0 Å². The van der Waals surface area contributed by atoms with E-state index >= 15 is 0 Å². The van der Waals surface area contributed by atoms with Crippen molar-refractivity contribution < 1.29 is 0 Å². The Hall–Kier alpha value is -2.36. The van der Waals surface area contributed by atoms with Crippen LogP contribution >= 0.6 is 11.3 Å². The van der Waals surface area contributed by atoms with E-state index in [4.69, 9.17) is 10.3 Å². The molecule has 5 nitrogen and oxygen atoms in total. The molecule has 1 unspecified atom stereocenters. The van der Waals surface area contributed by atoms with Crippen LogP contribution < -0.4 is 10.6 Å². The van der Waals surface area contributed by atoms with E-state index in [1.165, 1.54) is 30.8 Å². The molecule has 0 bridgehead atoms. The number of benzene rings is 1. The topological polar surface area (TPSA) is 63.5 Å². The minimum Gasteiger partial charge on any atom is -0.357 e. The van der Waals surface area contributed by atoms with Crippen molar-refractivity contribution in [3.8, 4) is 6.07 Å². The fourth-order valence-electron chi connectivity index (χ4n) is 3.33. The van der Waals surface area contributed by atoms with Crippen LogP contribution in [0.4, 0.5) is 0 Å². The van der Waals surface area contributed by atoms with Gasteiger partial charge in [0.05, 0.1) is 24.2 Å². The van der Waals surface area contributed by atoms with Crippen molar-refractivity contribution in [2.45, 2.75) is 32.4 Å².